The molecule has 298 valence electrons. The van der Waals surface area contributed by atoms with E-state index in [1.54, 1.807) is 28.9 Å². The molecule has 1 aromatic carbocycles. The molecule has 55 heavy (non-hydrogen) atoms. The molecule has 0 radical (unpaired) electrons. The van der Waals surface area contributed by atoms with Crippen LogP contribution in [0.3, 0.4) is 0 Å². The lowest BCUT2D eigenvalue weighted by molar-refractivity contribution is -0.165. The van der Waals surface area contributed by atoms with Crippen LogP contribution in [0.1, 0.15) is 74.8 Å². The zero-order valence-electron chi connectivity index (χ0n) is 31.9. The number of fused-ring (bicyclic) bond motifs is 1. The third-order valence-electron chi connectivity index (χ3n) is 10.7. The first-order chi connectivity index (χ1) is 26.4. The minimum absolute atomic E-state index is 0.0371. The lowest BCUT2D eigenvalue weighted by atomic mass is 9.90. The quantitative estimate of drug-likeness (QED) is 0.269. The van der Waals surface area contributed by atoms with Crippen molar-refractivity contribution in [3.63, 3.8) is 0 Å². The van der Waals surface area contributed by atoms with Crippen LogP contribution in [-0.4, -0.2) is 139 Å². The van der Waals surface area contributed by atoms with Crippen molar-refractivity contribution in [3.05, 3.63) is 35.5 Å². The number of amides is 5. The Morgan fingerprint density at radius 3 is 2.38 bits per heavy atom. The molecule has 0 spiro atoms. The zero-order chi connectivity index (χ0) is 39.1. The summed E-state index contributed by atoms with van der Waals surface area (Å²) >= 11 is 0. The van der Waals surface area contributed by atoms with Crippen molar-refractivity contribution in [2.45, 2.75) is 83.8 Å². The predicted molar refractivity (Wildman–Crippen MR) is 198 cm³/mol. The van der Waals surface area contributed by atoms with Gasteiger partial charge in [0.15, 0.2) is 6.61 Å². The molecule has 0 bridgehead atoms. The van der Waals surface area contributed by atoms with Gasteiger partial charge in [-0.15, -0.1) is 0 Å². The first-order valence-corrected chi connectivity index (χ1v) is 19.3. The number of carbonyl (C=O) groups excluding carboxylic acids is 6. The number of pyridine rings is 1. The largest absolute Gasteiger partial charge is 0.483 e. The second kappa shape index (κ2) is 17.6. The number of likely N-dealkylation sites (tertiary alicyclic amines) is 1. The Bertz CT molecular complexity index is 1770. The number of hydrogen-bond acceptors (Lipinski definition) is 11. The van der Waals surface area contributed by atoms with Gasteiger partial charge < -0.3 is 44.3 Å². The van der Waals surface area contributed by atoms with Crippen molar-refractivity contribution in [1.82, 2.24) is 30.3 Å². The van der Waals surface area contributed by atoms with Crippen LogP contribution < -0.4 is 15.4 Å². The van der Waals surface area contributed by atoms with Gasteiger partial charge in [0.25, 0.3) is 11.8 Å². The monoisotopic (exact) mass is 764 g/mol. The first-order valence-electron chi connectivity index (χ1n) is 19.3. The molecule has 4 aliphatic rings. The van der Waals surface area contributed by atoms with Crippen molar-refractivity contribution in [2.24, 2.45) is 5.41 Å². The Labute approximate surface area is 320 Å². The Balaban J connectivity index is 1.16. The fourth-order valence-corrected chi connectivity index (χ4v) is 7.11. The normalized spacial score (nSPS) is 19.8. The van der Waals surface area contributed by atoms with Gasteiger partial charge in [-0.2, -0.15) is 0 Å². The highest BCUT2D eigenvalue weighted by Gasteiger charge is 2.37. The third-order valence-corrected chi connectivity index (χ3v) is 10.7. The van der Waals surface area contributed by atoms with Crippen LogP contribution in [0, 0.1) is 12.3 Å². The number of piperazine rings is 1. The molecule has 2 unspecified atom stereocenters. The molecule has 4 fully saturated rings. The van der Waals surface area contributed by atoms with Crippen molar-refractivity contribution < 1.29 is 47.7 Å². The predicted octanol–water partition coefficient (Wildman–Crippen LogP) is 2.34. The summed E-state index contributed by atoms with van der Waals surface area (Å²) in [5.74, 6) is -1.83. The average molecular weight is 765 g/mol. The summed E-state index contributed by atoms with van der Waals surface area (Å²) in [6.07, 6.45) is 3.65. The van der Waals surface area contributed by atoms with E-state index in [-0.39, 0.29) is 93.6 Å². The summed E-state index contributed by atoms with van der Waals surface area (Å²) in [7, 11) is 0. The Kier molecular flexibility index (Phi) is 12.7. The van der Waals surface area contributed by atoms with Crippen LogP contribution in [0.4, 0.5) is 4.79 Å². The number of aromatic nitrogens is 1. The maximum absolute atomic E-state index is 13.9. The molecular weight excluding hydrogens is 712 g/mol. The van der Waals surface area contributed by atoms with E-state index in [0.717, 1.165) is 24.8 Å². The molecule has 3 aliphatic heterocycles. The Hall–Kier alpha value is -4.99. The number of hydrogen-bond donors (Lipinski definition) is 2. The van der Waals surface area contributed by atoms with E-state index >= 15 is 0 Å². The summed E-state index contributed by atoms with van der Waals surface area (Å²) in [4.78, 5) is 88.5. The van der Waals surface area contributed by atoms with Gasteiger partial charge in [0.1, 0.15) is 30.1 Å². The van der Waals surface area contributed by atoms with Gasteiger partial charge in [0.05, 0.1) is 25.3 Å². The van der Waals surface area contributed by atoms with Gasteiger partial charge in [-0.3, -0.25) is 24.0 Å². The van der Waals surface area contributed by atoms with Gasteiger partial charge >= 0.3 is 12.1 Å². The van der Waals surface area contributed by atoms with Gasteiger partial charge in [-0.25, -0.2) is 9.78 Å². The van der Waals surface area contributed by atoms with E-state index in [0.29, 0.717) is 43.5 Å². The lowest BCUT2D eigenvalue weighted by Gasteiger charge is -2.37. The van der Waals surface area contributed by atoms with Crippen molar-refractivity contribution >= 4 is 46.6 Å². The van der Waals surface area contributed by atoms with E-state index < -0.39 is 36.0 Å². The topological polar surface area (TPSA) is 186 Å². The van der Waals surface area contributed by atoms with Gasteiger partial charge in [-0.05, 0) is 70.1 Å². The fraction of sp³-hybridized carbons (Fsp3) is 0.615. The van der Waals surface area contributed by atoms with Crippen molar-refractivity contribution in [2.75, 3.05) is 65.8 Å². The number of nitrogens with zero attached hydrogens (tertiary/aromatic N) is 4. The number of aryl methyl sites for hydroxylation is 1. The van der Waals surface area contributed by atoms with E-state index in [1.807, 2.05) is 19.9 Å². The van der Waals surface area contributed by atoms with E-state index in [9.17, 15) is 28.8 Å². The van der Waals surface area contributed by atoms with Crippen LogP contribution >= 0.6 is 0 Å². The maximum Gasteiger partial charge on any atom is 0.409 e. The molecule has 2 atom stereocenters. The summed E-state index contributed by atoms with van der Waals surface area (Å²) in [6.45, 7) is 7.99. The number of carbonyl (C=O) groups is 6. The maximum atomic E-state index is 13.9. The molecule has 4 heterocycles. The van der Waals surface area contributed by atoms with Crippen molar-refractivity contribution in [3.8, 4) is 5.75 Å². The second-order valence-electron chi connectivity index (χ2n) is 15.2. The molecule has 16 nitrogen and oxygen atoms in total. The molecule has 2 N–H and O–H groups in total. The number of nitrogens with one attached hydrogen (secondary N) is 2. The number of ether oxygens (including phenoxy) is 4. The number of esters is 1. The number of benzene rings is 1. The highest BCUT2D eigenvalue weighted by Crippen LogP contribution is 2.29. The van der Waals surface area contributed by atoms with Crippen LogP contribution in [0.25, 0.3) is 10.9 Å². The van der Waals surface area contributed by atoms with E-state index in [4.69, 9.17) is 18.9 Å². The fourth-order valence-electron chi connectivity index (χ4n) is 7.11. The Morgan fingerprint density at radius 2 is 1.71 bits per heavy atom. The molecular formula is C39H52N6O10. The molecule has 2 aromatic rings. The molecule has 3 saturated heterocycles. The minimum atomic E-state index is -1.11. The standard InChI is InChI=1S/C39H52N6O10/c1-4-53-38(51)44-17-15-43(16-18-44)37(50)28(12-13-34(47)55-24-39(3)22-52-23-39)42-35(48)30-20-32(27-11-10-25(2)19-29(27)41-30)54-21-33(46)45-14-6-9-31(45)36(49)40-26-7-5-8-26/h10-11,19-20,26,28,31H,4-9,12-18,21-24H2,1-3H3,(H,40,49)(H,42,48). The summed E-state index contributed by atoms with van der Waals surface area (Å²) in [6, 6.07) is 5.39. The van der Waals surface area contributed by atoms with Gasteiger partial charge in [-0.1, -0.05) is 13.0 Å². The molecule has 16 heteroatoms. The molecule has 6 rings (SSSR count). The van der Waals surface area contributed by atoms with Crippen LogP contribution in [0.5, 0.6) is 5.75 Å². The SMILES string of the molecule is CCOC(=O)N1CCN(C(=O)C(CCC(=O)OCC2(C)COC2)NC(=O)c2cc(OCC(=O)N3CCCC3C(=O)NC3CCC3)c3ccc(C)cc3n2)CC1. The van der Waals surface area contributed by atoms with E-state index in [1.165, 1.54) is 11.0 Å². The van der Waals surface area contributed by atoms with Gasteiger partial charge in [0, 0.05) is 62.1 Å². The first kappa shape index (κ1) is 39.7. The molecule has 1 aromatic heterocycles. The van der Waals surface area contributed by atoms with Crippen LogP contribution in [0.15, 0.2) is 24.3 Å². The highest BCUT2D eigenvalue weighted by molar-refractivity contribution is 5.99. The lowest BCUT2D eigenvalue weighted by Crippen LogP contribution is -2.56. The number of rotatable bonds is 14. The third kappa shape index (κ3) is 9.82. The highest BCUT2D eigenvalue weighted by atomic mass is 16.6. The molecule has 1 saturated carbocycles. The summed E-state index contributed by atoms with van der Waals surface area (Å²) in [5, 5.41) is 6.42. The smallest absolute Gasteiger partial charge is 0.409 e. The minimum Gasteiger partial charge on any atom is -0.483 e. The van der Waals surface area contributed by atoms with Crippen LogP contribution in [0.2, 0.25) is 0 Å². The Morgan fingerprint density at radius 1 is 0.964 bits per heavy atom. The van der Waals surface area contributed by atoms with E-state index in [2.05, 4.69) is 15.6 Å². The average Bonchev–Trinajstić information content (AvgIpc) is 3.65. The molecule has 5 amide bonds. The zero-order valence-corrected chi connectivity index (χ0v) is 31.9. The molecule has 1 aliphatic carbocycles. The van der Waals surface area contributed by atoms with Crippen LogP contribution in [-0.2, 0) is 33.4 Å². The van der Waals surface area contributed by atoms with Crippen molar-refractivity contribution in [1.29, 1.82) is 0 Å². The van der Waals surface area contributed by atoms with Gasteiger partial charge in [0.2, 0.25) is 11.8 Å². The summed E-state index contributed by atoms with van der Waals surface area (Å²) < 4.78 is 21.9. The second-order valence-corrected chi connectivity index (χ2v) is 15.2. The summed E-state index contributed by atoms with van der Waals surface area (Å²) in [5.41, 5.74) is 1.03.